The van der Waals surface area contributed by atoms with Gasteiger partial charge in [0.15, 0.2) is 0 Å². The van der Waals surface area contributed by atoms with E-state index in [-0.39, 0.29) is 17.2 Å². The molecule has 5 nitrogen and oxygen atoms in total. The van der Waals surface area contributed by atoms with Crippen LogP contribution in [0.15, 0.2) is 5.11 Å². The van der Waals surface area contributed by atoms with Crippen LogP contribution in [0.25, 0.3) is 10.4 Å². The lowest BCUT2D eigenvalue weighted by Crippen LogP contribution is -2.35. The number of azide groups is 1. The van der Waals surface area contributed by atoms with Crippen molar-refractivity contribution in [3.05, 3.63) is 10.4 Å². The van der Waals surface area contributed by atoms with Crippen molar-refractivity contribution in [3.8, 4) is 0 Å². The van der Waals surface area contributed by atoms with E-state index in [0.29, 0.717) is 25.4 Å². The Hall–Kier alpha value is -1.22. The van der Waals surface area contributed by atoms with Crippen LogP contribution in [0.1, 0.15) is 47.0 Å². The molecule has 0 unspecified atom stereocenters. The quantitative estimate of drug-likeness (QED) is 0.435. The van der Waals surface area contributed by atoms with Crippen molar-refractivity contribution in [1.29, 1.82) is 0 Å². The smallest absolute Gasteiger partial charge is 0.222 e. The molecule has 1 aliphatic heterocycles. The highest BCUT2D eigenvalue weighted by atomic mass is 16.2. The maximum Gasteiger partial charge on any atom is 0.222 e. The second-order valence-corrected chi connectivity index (χ2v) is 6.75. The lowest BCUT2D eigenvalue weighted by atomic mass is 9.77. The number of hydrogen-bond acceptors (Lipinski definition) is 2. The van der Waals surface area contributed by atoms with Crippen LogP contribution in [0.3, 0.4) is 0 Å². The van der Waals surface area contributed by atoms with Gasteiger partial charge in [-0.3, -0.25) is 4.79 Å². The molecule has 1 fully saturated rings. The minimum Gasteiger partial charge on any atom is -0.342 e. The first kappa shape index (κ1) is 15.8. The van der Waals surface area contributed by atoms with Gasteiger partial charge in [-0.15, -0.1) is 0 Å². The number of nitrogens with zero attached hydrogens (tertiary/aromatic N) is 4. The van der Waals surface area contributed by atoms with Gasteiger partial charge in [0.05, 0.1) is 0 Å². The molecule has 0 saturated carbocycles. The molecule has 0 aromatic carbocycles. The average Bonchev–Trinajstić information content (AvgIpc) is 2.49. The fraction of sp³-hybridized carbons (Fsp3) is 0.929. The summed E-state index contributed by atoms with van der Waals surface area (Å²) in [6, 6.07) is 0. The van der Waals surface area contributed by atoms with Crippen molar-refractivity contribution in [2.75, 3.05) is 19.6 Å². The van der Waals surface area contributed by atoms with E-state index in [1.165, 1.54) is 0 Å². The van der Waals surface area contributed by atoms with Crippen LogP contribution in [0.4, 0.5) is 0 Å². The molecule has 0 N–H and O–H groups in total. The Morgan fingerprint density at radius 2 is 2.16 bits per heavy atom. The van der Waals surface area contributed by atoms with Gasteiger partial charge in [0.2, 0.25) is 5.91 Å². The summed E-state index contributed by atoms with van der Waals surface area (Å²) in [5.74, 6) is 1.08. The van der Waals surface area contributed by atoms with E-state index >= 15 is 0 Å². The van der Waals surface area contributed by atoms with E-state index in [1.54, 1.807) is 0 Å². The summed E-state index contributed by atoms with van der Waals surface area (Å²) in [5.41, 5.74) is 8.59. The molecule has 1 heterocycles. The molecule has 0 aromatic heterocycles. The van der Waals surface area contributed by atoms with Gasteiger partial charge in [0, 0.05) is 31.0 Å². The summed E-state index contributed by atoms with van der Waals surface area (Å²) in [7, 11) is 0. The van der Waals surface area contributed by atoms with E-state index < -0.39 is 0 Å². The number of rotatable bonds is 4. The normalized spacial score (nSPS) is 22.6. The molecule has 1 aliphatic rings. The molecular weight excluding hydrogens is 240 g/mol. The minimum absolute atomic E-state index is 0.228. The van der Waals surface area contributed by atoms with E-state index in [9.17, 15) is 4.79 Å². The van der Waals surface area contributed by atoms with Gasteiger partial charge >= 0.3 is 0 Å². The van der Waals surface area contributed by atoms with Crippen LogP contribution >= 0.6 is 0 Å². The zero-order chi connectivity index (χ0) is 14.5. The van der Waals surface area contributed by atoms with E-state index in [0.717, 1.165) is 19.4 Å². The van der Waals surface area contributed by atoms with Crippen LogP contribution in [-0.2, 0) is 4.79 Å². The standard InChI is InChI=1S/C14H26N4O/c1-11(9-16-17-15)10-18-8-7-12(14(2,3)4)5-6-13(18)19/h11-12H,5-10H2,1-4H3/t11-,12+/m0/s1. The van der Waals surface area contributed by atoms with Gasteiger partial charge in [-0.1, -0.05) is 32.8 Å². The number of hydrogen-bond donors (Lipinski definition) is 0. The zero-order valence-corrected chi connectivity index (χ0v) is 12.6. The third kappa shape index (κ3) is 5.11. The highest BCUT2D eigenvalue weighted by molar-refractivity contribution is 5.76. The predicted molar refractivity (Wildman–Crippen MR) is 76.6 cm³/mol. The second kappa shape index (κ2) is 6.80. The lowest BCUT2D eigenvalue weighted by Gasteiger charge is -2.30. The molecule has 0 radical (unpaired) electrons. The van der Waals surface area contributed by atoms with Crippen molar-refractivity contribution >= 4 is 5.91 Å². The highest BCUT2D eigenvalue weighted by Crippen LogP contribution is 2.34. The molecule has 0 aromatic rings. The van der Waals surface area contributed by atoms with E-state index in [1.807, 2.05) is 11.8 Å². The summed E-state index contributed by atoms with van der Waals surface area (Å²) in [6.45, 7) is 10.8. The number of amides is 1. The third-order valence-electron chi connectivity index (χ3n) is 4.02. The molecule has 0 spiro atoms. The maximum atomic E-state index is 12.1. The van der Waals surface area contributed by atoms with E-state index in [4.69, 9.17) is 5.53 Å². The summed E-state index contributed by atoms with van der Waals surface area (Å²) in [4.78, 5) is 16.8. The summed E-state index contributed by atoms with van der Waals surface area (Å²) >= 11 is 0. The number of carbonyl (C=O) groups excluding carboxylic acids is 1. The first-order valence-electron chi connectivity index (χ1n) is 7.13. The van der Waals surface area contributed by atoms with Crippen molar-refractivity contribution in [1.82, 2.24) is 4.90 Å². The Labute approximate surface area is 116 Å². The summed E-state index contributed by atoms with van der Waals surface area (Å²) in [6.07, 6.45) is 2.71. The monoisotopic (exact) mass is 266 g/mol. The van der Waals surface area contributed by atoms with Crippen LogP contribution in [0.5, 0.6) is 0 Å². The highest BCUT2D eigenvalue weighted by Gasteiger charge is 2.30. The van der Waals surface area contributed by atoms with Crippen molar-refractivity contribution in [2.45, 2.75) is 47.0 Å². The summed E-state index contributed by atoms with van der Waals surface area (Å²) < 4.78 is 0. The molecule has 108 valence electrons. The Bertz CT molecular complexity index is 355. The van der Waals surface area contributed by atoms with Crippen LogP contribution in [0.2, 0.25) is 0 Å². The van der Waals surface area contributed by atoms with Crippen molar-refractivity contribution < 1.29 is 4.79 Å². The molecule has 0 bridgehead atoms. The number of carbonyl (C=O) groups is 1. The topological polar surface area (TPSA) is 69.1 Å². The van der Waals surface area contributed by atoms with Gasteiger partial charge in [0.1, 0.15) is 0 Å². The average molecular weight is 266 g/mol. The molecule has 19 heavy (non-hydrogen) atoms. The fourth-order valence-electron chi connectivity index (χ4n) is 2.71. The largest absolute Gasteiger partial charge is 0.342 e. The number of likely N-dealkylation sites (tertiary alicyclic amines) is 1. The Morgan fingerprint density at radius 3 is 2.74 bits per heavy atom. The minimum atomic E-state index is 0.228. The predicted octanol–water partition coefficient (Wildman–Crippen LogP) is 3.61. The first-order chi connectivity index (χ1) is 8.84. The summed E-state index contributed by atoms with van der Waals surface area (Å²) in [5, 5.41) is 3.58. The third-order valence-corrected chi connectivity index (χ3v) is 4.02. The van der Waals surface area contributed by atoms with Crippen molar-refractivity contribution in [3.63, 3.8) is 0 Å². The SMILES string of the molecule is C[C@@H](CN=[N+]=[N-])CN1CC[C@H](C(C)(C)C)CCC1=O. The molecule has 1 amide bonds. The molecule has 2 atom stereocenters. The maximum absolute atomic E-state index is 12.1. The molecule has 1 saturated heterocycles. The van der Waals surface area contributed by atoms with Gasteiger partial charge < -0.3 is 4.90 Å². The molecule has 1 rings (SSSR count). The van der Waals surface area contributed by atoms with Crippen LogP contribution in [-0.4, -0.2) is 30.4 Å². The van der Waals surface area contributed by atoms with Gasteiger partial charge in [0.25, 0.3) is 0 Å². The van der Waals surface area contributed by atoms with Gasteiger partial charge in [-0.2, -0.15) is 0 Å². The first-order valence-corrected chi connectivity index (χ1v) is 7.13. The Morgan fingerprint density at radius 1 is 1.47 bits per heavy atom. The fourth-order valence-corrected chi connectivity index (χ4v) is 2.71. The molecule has 0 aliphatic carbocycles. The van der Waals surface area contributed by atoms with Crippen LogP contribution < -0.4 is 0 Å². The van der Waals surface area contributed by atoms with Gasteiger partial charge in [-0.05, 0) is 35.6 Å². The van der Waals surface area contributed by atoms with Crippen molar-refractivity contribution in [2.24, 2.45) is 22.4 Å². The Kier molecular flexibility index (Phi) is 5.67. The molecule has 5 heteroatoms. The molecular formula is C14H26N4O. The van der Waals surface area contributed by atoms with Gasteiger partial charge in [-0.25, -0.2) is 0 Å². The van der Waals surface area contributed by atoms with E-state index in [2.05, 4.69) is 30.8 Å². The lowest BCUT2D eigenvalue weighted by molar-refractivity contribution is -0.131. The zero-order valence-electron chi connectivity index (χ0n) is 12.6. The second-order valence-electron chi connectivity index (χ2n) is 6.75. The van der Waals surface area contributed by atoms with Crippen LogP contribution in [0, 0.1) is 17.3 Å². The Balaban J connectivity index is 2.56.